The van der Waals surface area contributed by atoms with E-state index < -0.39 is 0 Å². The van der Waals surface area contributed by atoms with Crippen LogP contribution < -0.4 is 15.5 Å². The molecule has 0 radical (unpaired) electrons. The van der Waals surface area contributed by atoms with Crippen LogP contribution in [-0.2, 0) is 0 Å². The molecule has 0 aliphatic carbocycles. The van der Waals surface area contributed by atoms with Crippen LogP contribution in [0.2, 0.25) is 21.3 Å². The Hall–Kier alpha value is -1.79. The molecule has 3 aromatic rings. The molecule has 0 bridgehead atoms. The van der Waals surface area contributed by atoms with E-state index in [1.54, 1.807) is 6.33 Å². The quantitative estimate of drug-likeness (QED) is 0.461. The van der Waals surface area contributed by atoms with Crippen LogP contribution in [0, 0.1) is 0 Å². The second-order valence-electron chi connectivity index (χ2n) is 6.97. The van der Waals surface area contributed by atoms with Crippen molar-refractivity contribution >= 4 is 64.2 Å². The third-order valence-electron chi connectivity index (χ3n) is 5.06. The van der Waals surface area contributed by atoms with Gasteiger partial charge in [-0.1, -0.05) is 0 Å². The molecule has 2 aromatic heterocycles. The van der Waals surface area contributed by atoms with Crippen molar-refractivity contribution in [1.82, 2.24) is 19.9 Å². The van der Waals surface area contributed by atoms with Gasteiger partial charge in [0, 0.05) is 0 Å². The number of anilines is 4. The number of benzene rings is 1. The number of nitrogens with zero attached hydrogens (tertiary/aromatic N) is 4. The normalized spacial score (nSPS) is 19.9. The molecule has 0 amide bonds. The number of rotatable bonds is 5. The van der Waals surface area contributed by atoms with E-state index in [9.17, 15) is 0 Å². The molecule has 2 aliphatic rings. The fourth-order valence-electron chi connectivity index (χ4n) is 3.54. The Labute approximate surface area is 176 Å². The first-order chi connectivity index (χ1) is 13.8. The number of aromatic nitrogens is 4. The summed E-state index contributed by atoms with van der Waals surface area (Å²) in [6, 6.07) is 9.11. The summed E-state index contributed by atoms with van der Waals surface area (Å²) in [5, 5.41) is 12.3. The summed E-state index contributed by atoms with van der Waals surface area (Å²) in [7, 11) is 0. The number of hydrogen-bond donors (Lipinski definition) is 3. The first-order valence-electron chi connectivity index (χ1n) is 9.60. The molecule has 2 fully saturated rings. The third-order valence-corrected chi connectivity index (χ3v) is 9.47. The molecule has 3 N–H and O–H groups in total. The molecule has 28 heavy (non-hydrogen) atoms. The summed E-state index contributed by atoms with van der Waals surface area (Å²) >= 11 is 1.60. The molecule has 5 rings (SSSR count). The molecule has 2 aliphatic heterocycles. The average molecular weight is 507 g/mol. The molecule has 0 saturated carbocycles. The summed E-state index contributed by atoms with van der Waals surface area (Å²) in [5.41, 5.74) is 3.87. The van der Waals surface area contributed by atoms with Crippen molar-refractivity contribution in [2.24, 2.45) is 0 Å². The molecule has 9 heteroatoms. The van der Waals surface area contributed by atoms with E-state index in [0.717, 1.165) is 46.9 Å². The van der Waals surface area contributed by atoms with Crippen molar-refractivity contribution in [3.8, 4) is 0 Å². The monoisotopic (exact) mass is 509 g/mol. The van der Waals surface area contributed by atoms with Crippen molar-refractivity contribution < 1.29 is 0 Å². The van der Waals surface area contributed by atoms with E-state index in [0.29, 0.717) is 17.6 Å². The molecule has 1 atom stereocenters. The van der Waals surface area contributed by atoms with Gasteiger partial charge in [-0.05, 0) is 0 Å². The second-order valence-corrected chi connectivity index (χ2v) is 12.0. The Bertz CT molecular complexity index is 931. The second kappa shape index (κ2) is 8.29. The topological polar surface area (TPSA) is 81.8 Å². The van der Waals surface area contributed by atoms with E-state index in [1.807, 2.05) is 0 Å². The van der Waals surface area contributed by atoms with Gasteiger partial charge in [0.15, 0.2) is 0 Å². The Kier molecular flexibility index (Phi) is 5.41. The van der Waals surface area contributed by atoms with E-state index >= 15 is 0 Å². The first-order valence-corrected chi connectivity index (χ1v) is 14.4. The third kappa shape index (κ3) is 3.98. The molecule has 7 nitrogen and oxygen atoms in total. The number of nitrogens with one attached hydrogen (secondary N) is 3. The van der Waals surface area contributed by atoms with Gasteiger partial charge >= 0.3 is 177 Å². The van der Waals surface area contributed by atoms with Crippen LogP contribution in [0.4, 0.5) is 23.1 Å². The van der Waals surface area contributed by atoms with Crippen molar-refractivity contribution in [2.75, 3.05) is 28.6 Å². The van der Waals surface area contributed by atoms with Gasteiger partial charge in [0.1, 0.15) is 0 Å². The predicted octanol–water partition coefficient (Wildman–Crippen LogP) is 3.18. The summed E-state index contributed by atoms with van der Waals surface area (Å²) in [4.78, 5) is 19.3. The van der Waals surface area contributed by atoms with Crippen LogP contribution in [0.3, 0.4) is 0 Å². The standard InChI is InChI=1S/C19H23N7Se2/c1-3-15(26-6-9-27-10-7-26)4-2-13(1)23-19-24-17-16(20-12-21-17)18(25-19)22-14-5-8-28-11-14/h1-4,12,14H,5-11H2,(H3,20,21,22,23,24,25). The molecule has 1 aromatic carbocycles. The van der Waals surface area contributed by atoms with Crippen molar-refractivity contribution in [2.45, 2.75) is 33.7 Å². The SMILES string of the molecule is c1nc2nc(Nc3ccc(N4CC[Se]CC4)cc3)nc(NC3CC[Se]C3)c2[nH]1. The average Bonchev–Trinajstić information content (AvgIpc) is 3.41. The molecule has 2 saturated heterocycles. The molecular formula is C19H23N7Se2. The molecule has 146 valence electrons. The van der Waals surface area contributed by atoms with Gasteiger partial charge in [0.2, 0.25) is 0 Å². The summed E-state index contributed by atoms with van der Waals surface area (Å²) in [6.45, 7) is 2.37. The van der Waals surface area contributed by atoms with Crippen LogP contribution in [-0.4, -0.2) is 69.0 Å². The Balaban J connectivity index is 1.35. The zero-order valence-electron chi connectivity index (χ0n) is 15.5. The van der Waals surface area contributed by atoms with Crippen molar-refractivity contribution in [1.29, 1.82) is 0 Å². The van der Waals surface area contributed by atoms with Gasteiger partial charge < -0.3 is 0 Å². The number of fused-ring (bicyclic) bond motifs is 1. The van der Waals surface area contributed by atoms with Crippen molar-refractivity contribution in [3.05, 3.63) is 30.6 Å². The van der Waals surface area contributed by atoms with E-state index in [-0.39, 0.29) is 0 Å². The van der Waals surface area contributed by atoms with Crippen LogP contribution in [0.5, 0.6) is 0 Å². The number of hydrogen-bond acceptors (Lipinski definition) is 6. The number of imidazole rings is 1. The molecular weight excluding hydrogens is 484 g/mol. The van der Waals surface area contributed by atoms with Gasteiger partial charge in [-0.15, -0.1) is 0 Å². The Morgan fingerprint density at radius 3 is 2.68 bits per heavy atom. The summed E-state index contributed by atoms with van der Waals surface area (Å²) in [6.07, 6.45) is 2.91. The fourth-order valence-corrected chi connectivity index (χ4v) is 7.85. The van der Waals surface area contributed by atoms with Crippen LogP contribution in [0.1, 0.15) is 6.42 Å². The number of aromatic amines is 1. The molecule has 4 heterocycles. The van der Waals surface area contributed by atoms with Gasteiger partial charge in [0.05, 0.1) is 0 Å². The fraction of sp³-hybridized carbons (Fsp3) is 0.421. The summed E-state index contributed by atoms with van der Waals surface area (Å²) in [5.74, 6) is 1.43. The predicted molar refractivity (Wildman–Crippen MR) is 116 cm³/mol. The van der Waals surface area contributed by atoms with Crippen molar-refractivity contribution in [3.63, 3.8) is 0 Å². The van der Waals surface area contributed by atoms with E-state index in [1.165, 1.54) is 46.5 Å². The first kappa shape index (κ1) is 18.3. The zero-order valence-corrected chi connectivity index (χ0v) is 18.9. The minimum atomic E-state index is 0.513. The number of H-pyrrole nitrogens is 1. The van der Waals surface area contributed by atoms with Gasteiger partial charge in [0.25, 0.3) is 0 Å². The molecule has 1 unspecified atom stereocenters. The Morgan fingerprint density at radius 1 is 1.04 bits per heavy atom. The minimum absolute atomic E-state index is 0.513. The maximum absolute atomic E-state index is 4.74. The maximum atomic E-state index is 4.74. The van der Waals surface area contributed by atoms with Crippen LogP contribution in [0.25, 0.3) is 11.2 Å². The van der Waals surface area contributed by atoms with Gasteiger partial charge in [-0.2, -0.15) is 0 Å². The zero-order chi connectivity index (χ0) is 18.8. The van der Waals surface area contributed by atoms with Gasteiger partial charge in [-0.25, -0.2) is 0 Å². The van der Waals surface area contributed by atoms with E-state index in [4.69, 9.17) is 4.98 Å². The molecule has 0 spiro atoms. The van der Waals surface area contributed by atoms with Gasteiger partial charge in [-0.3, -0.25) is 0 Å². The van der Waals surface area contributed by atoms with Crippen LogP contribution in [0.15, 0.2) is 30.6 Å². The Morgan fingerprint density at radius 2 is 1.89 bits per heavy atom. The van der Waals surface area contributed by atoms with E-state index in [2.05, 4.69) is 54.8 Å². The summed E-state index contributed by atoms with van der Waals surface area (Å²) < 4.78 is 0. The van der Waals surface area contributed by atoms with Crippen LogP contribution >= 0.6 is 0 Å².